The molecule has 0 unspecified atom stereocenters. The van der Waals surface area contributed by atoms with E-state index in [1.807, 2.05) is 0 Å². The molecule has 2 aromatic carbocycles. The second-order valence-electron chi connectivity index (χ2n) is 8.36. The molecule has 2 aliphatic rings. The number of rotatable bonds is 4. The van der Waals surface area contributed by atoms with E-state index in [0.29, 0.717) is 0 Å². The molecule has 1 saturated heterocycles. The van der Waals surface area contributed by atoms with E-state index in [9.17, 15) is 32.3 Å². The van der Waals surface area contributed by atoms with E-state index < -0.39 is 43.4 Å². The Morgan fingerprint density at radius 3 is 2.47 bits per heavy atom. The van der Waals surface area contributed by atoms with Gasteiger partial charge in [0, 0.05) is 30.4 Å². The number of hydrogen-bond donors (Lipinski definition) is 2. The number of hydrogen-bond acceptors (Lipinski definition) is 5. The van der Waals surface area contributed by atoms with Crippen LogP contribution in [0.4, 0.5) is 20.2 Å². The molecule has 32 heavy (non-hydrogen) atoms. The van der Waals surface area contributed by atoms with E-state index in [-0.39, 0.29) is 65.6 Å². The summed E-state index contributed by atoms with van der Waals surface area (Å²) in [7, 11) is -4.08. The molecule has 7 nitrogen and oxygen atoms in total. The SMILES string of the molecule is O=C1CCc2c(S(=O)(=O)CC3(O)CC[N+]([O-])(c4ccc(Cl)cc4F)CC3)ccc(F)c2N1. The number of hydroxylamine groups is 2. The van der Waals surface area contributed by atoms with Gasteiger partial charge in [-0.1, -0.05) is 11.6 Å². The number of carbonyl (C=O) groups excluding carboxylic acids is 1. The van der Waals surface area contributed by atoms with Crippen LogP contribution in [0.3, 0.4) is 0 Å². The molecule has 0 saturated carbocycles. The molecule has 0 aliphatic carbocycles. The van der Waals surface area contributed by atoms with E-state index in [1.54, 1.807) is 0 Å². The topological polar surface area (TPSA) is 107 Å². The van der Waals surface area contributed by atoms with Gasteiger partial charge in [-0.3, -0.25) is 4.79 Å². The van der Waals surface area contributed by atoms with Crippen molar-refractivity contribution in [1.29, 1.82) is 0 Å². The molecule has 2 aliphatic heterocycles. The lowest BCUT2D eigenvalue weighted by atomic mass is 9.92. The number of sulfone groups is 1. The number of nitrogens with zero attached hydrogens (tertiary/aromatic N) is 1. The van der Waals surface area contributed by atoms with Crippen LogP contribution >= 0.6 is 11.6 Å². The average Bonchev–Trinajstić information content (AvgIpc) is 2.70. The second kappa shape index (κ2) is 8.03. The first-order chi connectivity index (χ1) is 14.9. The van der Waals surface area contributed by atoms with Crippen molar-refractivity contribution in [2.75, 3.05) is 24.2 Å². The summed E-state index contributed by atoms with van der Waals surface area (Å²) in [6.45, 7) is -0.440. The van der Waals surface area contributed by atoms with Gasteiger partial charge in [0.2, 0.25) is 5.91 Å². The van der Waals surface area contributed by atoms with E-state index in [1.165, 1.54) is 12.1 Å². The zero-order chi connectivity index (χ0) is 23.3. The molecule has 0 radical (unpaired) electrons. The first-order valence-electron chi connectivity index (χ1n) is 10.0. The Labute approximate surface area is 188 Å². The lowest BCUT2D eigenvalue weighted by molar-refractivity contribution is -0.116. The Kier molecular flexibility index (Phi) is 5.79. The van der Waals surface area contributed by atoms with E-state index in [2.05, 4.69) is 5.32 Å². The Hall–Kier alpha value is -2.11. The maximum absolute atomic E-state index is 14.3. The van der Waals surface area contributed by atoms with Gasteiger partial charge in [0.25, 0.3) is 0 Å². The largest absolute Gasteiger partial charge is 0.627 e. The van der Waals surface area contributed by atoms with Crippen LogP contribution in [0.15, 0.2) is 35.2 Å². The number of nitrogens with one attached hydrogen (secondary N) is 1. The van der Waals surface area contributed by atoms with Crippen molar-refractivity contribution in [2.24, 2.45) is 0 Å². The number of quaternary nitrogens is 1. The highest BCUT2D eigenvalue weighted by molar-refractivity contribution is 7.91. The molecule has 0 spiro atoms. The summed E-state index contributed by atoms with van der Waals surface area (Å²) < 4.78 is 53.6. The number of anilines is 1. The third-order valence-electron chi connectivity index (χ3n) is 6.10. The zero-order valence-corrected chi connectivity index (χ0v) is 18.5. The van der Waals surface area contributed by atoms with Gasteiger partial charge in [0.15, 0.2) is 21.3 Å². The highest BCUT2D eigenvalue weighted by Gasteiger charge is 2.43. The van der Waals surface area contributed by atoms with Crippen molar-refractivity contribution in [1.82, 2.24) is 4.65 Å². The smallest absolute Gasteiger partial charge is 0.224 e. The number of carbonyl (C=O) groups is 1. The average molecular weight is 487 g/mol. The lowest BCUT2D eigenvalue weighted by Crippen LogP contribution is -2.57. The van der Waals surface area contributed by atoms with Gasteiger partial charge in [-0.15, -0.1) is 0 Å². The molecule has 11 heteroatoms. The van der Waals surface area contributed by atoms with Gasteiger partial charge in [0.05, 0.1) is 35.0 Å². The van der Waals surface area contributed by atoms with Crippen molar-refractivity contribution in [3.63, 3.8) is 0 Å². The quantitative estimate of drug-likeness (QED) is 0.392. The number of amides is 1. The van der Waals surface area contributed by atoms with Crippen LogP contribution in [0.5, 0.6) is 0 Å². The van der Waals surface area contributed by atoms with Gasteiger partial charge in [-0.05, 0) is 36.2 Å². The minimum absolute atomic E-state index is 0.0199. The third kappa shape index (κ3) is 4.25. The van der Waals surface area contributed by atoms with Crippen LogP contribution < -0.4 is 9.96 Å². The number of aliphatic hydroxyl groups is 1. The Morgan fingerprint density at radius 2 is 1.81 bits per heavy atom. The predicted molar refractivity (Wildman–Crippen MR) is 116 cm³/mol. The maximum atomic E-state index is 14.3. The van der Waals surface area contributed by atoms with Gasteiger partial charge in [-0.2, -0.15) is 0 Å². The summed E-state index contributed by atoms with van der Waals surface area (Å²) in [6.07, 6.45) is -0.260. The molecule has 1 amide bonds. The Balaban J connectivity index is 1.56. The van der Waals surface area contributed by atoms with Crippen molar-refractivity contribution in [3.05, 3.63) is 57.8 Å². The molecular weight excluding hydrogens is 466 g/mol. The summed E-state index contributed by atoms with van der Waals surface area (Å²) in [4.78, 5) is 11.4. The van der Waals surface area contributed by atoms with Crippen LogP contribution in [0.1, 0.15) is 24.8 Å². The molecule has 2 aromatic rings. The molecule has 0 bridgehead atoms. The molecule has 2 N–H and O–H groups in total. The van der Waals surface area contributed by atoms with E-state index in [4.69, 9.17) is 11.6 Å². The normalized spacial score (nSPS) is 25.8. The van der Waals surface area contributed by atoms with Gasteiger partial charge in [0.1, 0.15) is 5.82 Å². The summed E-state index contributed by atoms with van der Waals surface area (Å²) in [5.74, 6) is -2.57. The number of piperidine rings is 1. The van der Waals surface area contributed by atoms with Gasteiger partial charge >= 0.3 is 0 Å². The molecule has 1 fully saturated rings. The van der Waals surface area contributed by atoms with Crippen LogP contribution in [0.2, 0.25) is 5.02 Å². The van der Waals surface area contributed by atoms with Crippen LogP contribution in [-0.2, 0) is 21.1 Å². The van der Waals surface area contributed by atoms with Crippen molar-refractivity contribution < 1.29 is 27.1 Å². The van der Waals surface area contributed by atoms with Crippen LogP contribution in [-0.4, -0.2) is 43.9 Å². The highest BCUT2D eigenvalue weighted by atomic mass is 35.5. The zero-order valence-electron chi connectivity index (χ0n) is 16.9. The second-order valence-corrected chi connectivity index (χ2v) is 10.8. The standard InChI is InChI=1S/C21H21ClF2N2O5S/c22-13-1-4-17(16(24)11-13)26(29)9-7-21(28,8-10-26)12-32(30,31)18-5-3-15(23)20-14(18)2-6-19(27)25-20/h1,3-5,11,28H,2,6-10,12H2,(H,25,27). The number of fused-ring (bicyclic) bond motifs is 1. The van der Waals surface area contributed by atoms with E-state index in [0.717, 1.165) is 18.2 Å². The van der Waals surface area contributed by atoms with E-state index >= 15 is 0 Å². The van der Waals surface area contributed by atoms with Gasteiger partial charge in [-0.25, -0.2) is 17.2 Å². The first-order valence-corrected chi connectivity index (χ1v) is 12.1. The molecule has 0 atom stereocenters. The van der Waals surface area contributed by atoms with Crippen molar-refractivity contribution >= 4 is 38.7 Å². The molecular formula is C21H21ClF2N2O5S. The van der Waals surface area contributed by atoms with Crippen LogP contribution in [0.25, 0.3) is 0 Å². The monoisotopic (exact) mass is 486 g/mol. The molecule has 0 aromatic heterocycles. The minimum atomic E-state index is -4.08. The Morgan fingerprint density at radius 1 is 1.12 bits per heavy atom. The number of benzene rings is 2. The fourth-order valence-corrected chi connectivity index (χ4v) is 6.52. The first kappa shape index (κ1) is 23.1. The maximum Gasteiger partial charge on any atom is 0.224 e. The summed E-state index contributed by atoms with van der Waals surface area (Å²) in [5, 5.41) is 26.6. The summed E-state index contributed by atoms with van der Waals surface area (Å²) in [6, 6.07) is 5.83. The van der Waals surface area contributed by atoms with Gasteiger partial charge < -0.3 is 20.3 Å². The Bertz CT molecular complexity index is 1200. The summed E-state index contributed by atoms with van der Waals surface area (Å²) >= 11 is 5.74. The molecule has 172 valence electrons. The van der Waals surface area contributed by atoms with Crippen LogP contribution in [0, 0.1) is 16.8 Å². The highest BCUT2D eigenvalue weighted by Crippen LogP contribution is 2.38. The predicted octanol–water partition coefficient (Wildman–Crippen LogP) is 3.31. The third-order valence-corrected chi connectivity index (χ3v) is 8.31. The molecule has 4 rings (SSSR count). The number of halogens is 3. The summed E-state index contributed by atoms with van der Waals surface area (Å²) in [5.41, 5.74) is -1.82. The fraction of sp³-hybridized carbons (Fsp3) is 0.381. The fourth-order valence-electron chi connectivity index (χ4n) is 4.36. The minimum Gasteiger partial charge on any atom is -0.627 e. The lowest BCUT2D eigenvalue weighted by Gasteiger charge is -2.49. The molecule has 2 heterocycles. The van der Waals surface area contributed by atoms with Crippen molar-refractivity contribution in [3.8, 4) is 0 Å². The van der Waals surface area contributed by atoms with Crippen molar-refractivity contribution in [2.45, 2.75) is 36.2 Å².